The molecule has 3 rings (SSSR count). The van der Waals surface area contributed by atoms with E-state index in [-0.39, 0.29) is 5.82 Å². The topological polar surface area (TPSA) is 12.0 Å². The summed E-state index contributed by atoms with van der Waals surface area (Å²) in [5.41, 5.74) is 3.43. The zero-order valence-electron chi connectivity index (χ0n) is 10.9. The first kappa shape index (κ1) is 12.4. The van der Waals surface area contributed by atoms with E-state index < -0.39 is 0 Å². The van der Waals surface area contributed by atoms with Crippen LogP contribution in [0.4, 0.5) is 4.39 Å². The molecule has 0 atom stereocenters. The van der Waals surface area contributed by atoms with Gasteiger partial charge in [-0.15, -0.1) is 0 Å². The van der Waals surface area contributed by atoms with Gasteiger partial charge in [-0.05, 0) is 36.0 Å². The molecule has 1 aliphatic carbocycles. The van der Waals surface area contributed by atoms with E-state index in [1.165, 1.54) is 30.0 Å². The van der Waals surface area contributed by atoms with Crippen LogP contribution in [-0.2, 0) is 13.1 Å². The largest absolute Gasteiger partial charge is 0.309 e. The van der Waals surface area contributed by atoms with E-state index in [1.807, 2.05) is 12.1 Å². The Hall–Kier alpha value is -1.67. The maximum absolute atomic E-state index is 13.4. The SMILES string of the molecule is Fc1ccccc1CNCc1ccc(C2CC2)cc1. The second kappa shape index (κ2) is 5.54. The smallest absolute Gasteiger partial charge is 0.127 e. The van der Waals surface area contributed by atoms with Crippen molar-refractivity contribution in [1.82, 2.24) is 5.32 Å². The van der Waals surface area contributed by atoms with Gasteiger partial charge in [0.25, 0.3) is 0 Å². The zero-order chi connectivity index (χ0) is 13.1. The summed E-state index contributed by atoms with van der Waals surface area (Å²) < 4.78 is 13.4. The van der Waals surface area contributed by atoms with Crippen molar-refractivity contribution in [2.75, 3.05) is 0 Å². The third kappa shape index (κ3) is 3.21. The Labute approximate surface area is 113 Å². The van der Waals surface area contributed by atoms with Gasteiger partial charge in [-0.2, -0.15) is 0 Å². The molecule has 0 saturated heterocycles. The number of nitrogens with one attached hydrogen (secondary N) is 1. The predicted molar refractivity (Wildman–Crippen MR) is 75.4 cm³/mol. The molecule has 0 unspecified atom stereocenters. The van der Waals surface area contributed by atoms with Crippen molar-refractivity contribution in [3.8, 4) is 0 Å². The van der Waals surface area contributed by atoms with Crippen LogP contribution in [0.3, 0.4) is 0 Å². The van der Waals surface area contributed by atoms with Gasteiger partial charge in [-0.1, -0.05) is 42.5 Å². The van der Waals surface area contributed by atoms with Crippen LogP contribution in [0.25, 0.3) is 0 Å². The van der Waals surface area contributed by atoms with Gasteiger partial charge in [0.05, 0.1) is 0 Å². The molecule has 98 valence electrons. The Morgan fingerprint density at radius 1 is 0.947 bits per heavy atom. The van der Waals surface area contributed by atoms with Crippen LogP contribution in [-0.4, -0.2) is 0 Å². The van der Waals surface area contributed by atoms with Gasteiger partial charge < -0.3 is 5.32 Å². The number of hydrogen-bond acceptors (Lipinski definition) is 1. The first-order valence-corrected chi connectivity index (χ1v) is 6.86. The summed E-state index contributed by atoms with van der Waals surface area (Å²) in [6, 6.07) is 15.7. The van der Waals surface area contributed by atoms with Crippen molar-refractivity contribution >= 4 is 0 Å². The molecule has 2 heteroatoms. The minimum Gasteiger partial charge on any atom is -0.309 e. The van der Waals surface area contributed by atoms with Crippen molar-refractivity contribution in [1.29, 1.82) is 0 Å². The molecule has 0 radical (unpaired) electrons. The molecule has 1 saturated carbocycles. The molecule has 0 heterocycles. The Kier molecular flexibility index (Phi) is 3.60. The van der Waals surface area contributed by atoms with Crippen LogP contribution in [0.1, 0.15) is 35.4 Å². The van der Waals surface area contributed by atoms with Gasteiger partial charge in [0, 0.05) is 18.7 Å². The second-order valence-electron chi connectivity index (χ2n) is 5.21. The summed E-state index contributed by atoms with van der Waals surface area (Å²) >= 11 is 0. The maximum Gasteiger partial charge on any atom is 0.127 e. The van der Waals surface area contributed by atoms with E-state index in [0.717, 1.165) is 18.0 Å². The highest BCUT2D eigenvalue weighted by Gasteiger charge is 2.22. The summed E-state index contributed by atoms with van der Waals surface area (Å²) in [6.45, 7) is 1.34. The fourth-order valence-electron chi connectivity index (χ4n) is 2.31. The monoisotopic (exact) mass is 255 g/mol. The fraction of sp³-hybridized carbons (Fsp3) is 0.294. The number of hydrogen-bond donors (Lipinski definition) is 1. The van der Waals surface area contributed by atoms with Crippen LogP contribution in [0, 0.1) is 5.82 Å². The molecular weight excluding hydrogens is 237 g/mol. The van der Waals surface area contributed by atoms with E-state index in [0.29, 0.717) is 6.54 Å². The van der Waals surface area contributed by atoms with E-state index in [1.54, 1.807) is 6.07 Å². The Bertz CT molecular complexity index is 543. The van der Waals surface area contributed by atoms with Crippen molar-refractivity contribution in [3.05, 3.63) is 71.0 Å². The molecule has 1 nitrogen and oxygen atoms in total. The summed E-state index contributed by atoms with van der Waals surface area (Å²) in [6.07, 6.45) is 2.68. The first-order valence-electron chi connectivity index (χ1n) is 6.86. The Balaban J connectivity index is 1.53. The normalized spacial score (nSPS) is 14.6. The maximum atomic E-state index is 13.4. The van der Waals surface area contributed by atoms with Gasteiger partial charge in [-0.25, -0.2) is 4.39 Å². The lowest BCUT2D eigenvalue weighted by Gasteiger charge is -2.07. The zero-order valence-corrected chi connectivity index (χ0v) is 10.9. The van der Waals surface area contributed by atoms with E-state index in [4.69, 9.17) is 0 Å². The van der Waals surface area contributed by atoms with Gasteiger partial charge in [0.15, 0.2) is 0 Å². The summed E-state index contributed by atoms with van der Waals surface area (Å²) in [7, 11) is 0. The third-order valence-electron chi connectivity index (χ3n) is 3.63. The molecular formula is C17H18FN. The van der Waals surface area contributed by atoms with Crippen LogP contribution < -0.4 is 5.32 Å². The highest BCUT2D eigenvalue weighted by atomic mass is 19.1. The van der Waals surface area contributed by atoms with Crippen LogP contribution in [0.2, 0.25) is 0 Å². The number of rotatable bonds is 5. The number of halogens is 1. The summed E-state index contributed by atoms with van der Waals surface area (Å²) in [5.74, 6) is 0.666. The quantitative estimate of drug-likeness (QED) is 0.851. The highest BCUT2D eigenvalue weighted by molar-refractivity contribution is 5.28. The minimum absolute atomic E-state index is 0.140. The standard InChI is InChI=1S/C17H18FN/c18-17-4-2-1-3-16(17)12-19-11-13-5-7-14(8-6-13)15-9-10-15/h1-8,15,19H,9-12H2. The molecule has 0 aliphatic heterocycles. The molecule has 2 aromatic carbocycles. The van der Waals surface area contributed by atoms with E-state index >= 15 is 0 Å². The first-order chi connectivity index (χ1) is 9.33. The lowest BCUT2D eigenvalue weighted by molar-refractivity contribution is 0.588. The van der Waals surface area contributed by atoms with E-state index in [9.17, 15) is 4.39 Å². The molecule has 1 fully saturated rings. The van der Waals surface area contributed by atoms with E-state index in [2.05, 4.69) is 29.6 Å². The minimum atomic E-state index is -0.140. The third-order valence-corrected chi connectivity index (χ3v) is 3.63. The summed E-state index contributed by atoms with van der Waals surface area (Å²) in [5, 5.41) is 3.28. The molecule has 1 aliphatic rings. The molecule has 0 aromatic heterocycles. The van der Waals surface area contributed by atoms with Crippen LogP contribution in [0.15, 0.2) is 48.5 Å². The predicted octanol–water partition coefficient (Wildman–Crippen LogP) is 3.99. The lowest BCUT2D eigenvalue weighted by Crippen LogP contribution is -2.13. The molecule has 1 N–H and O–H groups in total. The number of benzene rings is 2. The molecule has 0 amide bonds. The molecule has 0 spiro atoms. The van der Waals surface area contributed by atoms with Gasteiger partial charge in [-0.3, -0.25) is 0 Å². The van der Waals surface area contributed by atoms with Crippen molar-refractivity contribution in [2.45, 2.75) is 31.8 Å². The Morgan fingerprint density at radius 3 is 2.37 bits per heavy atom. The van der Waals surface area contributed by atoms with Crippen molar-refractivity contribution < 1.29 is 4.39 Å². The summed E-state index contributed by atoms with van der Waals surface area (Å²) in [4.78, 5) is 0. The average Bonchev–Trinajstić information content (AvgIpc) is 3.26. The van der Waals surface area contributed by atoms with Crippen LogP contribution >= 0.6 is 0 Å². The second-order valence-corrected chi connectivity index (χ2v) is 5.21. The van der Waals surface area contributed by atoms with Crippen molar-refractivity contribution in [2.24, 2.45) is 0 Å². The van der Waals surface area contributed by atoms with Gasteiger partial charge in [0.2, 0.25) is 0 Å². The molecule has 2 aromatic rings. The average molecular weight is 255 g/mol. The Morgan fingerprint density at radius 2 is 1.68 bits per heavy atom. The fourth-order valence-corrected chi connectivity index (χ4v) is 2.31. The van der Waals surface area contributed by atoms with Gasteiger partial charge in [0.1, 0.15) is 5.82 Å². The lowest BCUT2D eigenvalue weighted by atomic mass is 10.1. The van der Waals surface area contributed by atoms with Gasteiger partial charge >= 0.3 is 0 Å². The van der Waals surface area contributed by atoms with Crippen LogP contribution in [0.5, 0.6) is 0 Å². The van der Waals surface area contributed by atoms with Crippen molar-refractivity contribution in [3.63, 3.8) is 0 Å². The molecule has 0 bridgehead atoms. The highest BCUT2D eigenvalue weighted by Crippen LogP contribution is 2.39. The molecule has 19 heavy (non-hydrogen) atoms.